The van der Waals surface area contributed by atoms with Crippen molar-refractivity contribution in [1.82, 2.24) is 14.7 Å². The van der Waals surface area contributed by atoms with E-state index in [1.165, 1.54) is 11.1 Å². The summed E-state index contributed by atoms with van der Waals surface area (Å²) >= 11 is 0. The van der Waals surface area contributed by atoms with Crippen molar-refractivity contribution in [1.29, 1.82) is 0 Å². The zero-order valence-electron chi connectivity index (χ0n) is 23.5. The predicted octanol–water partition coefficient (Wildman–Crippen LogP) is 5.94. The Labute approximate surface area is 222 Å². The highest BCUT2D eigenvalue weighted by atomic mass is 16.6. The van der Waals surface area contributed by atoms with E-state index in [1.807, 2.05) is 84.9 Å². The van der Waals surface area contributed by atoms with Gasteiger partial charge in [0.25, 0.3) is 0 Å². The smallest absolute Gasteiger partial charge is 0.410 e. The quantitative estimate of drug-likeness (QED) is 0.483. The fourth-order valence-corrected chi connectivity index (χ4v) is 4.65. The van der Waals surface area contributed by atoms with Gasteiger partial charge in [0.2, 0.25) is 0 Å². The number of hydrogen-bond donors (Lipinski definition) is 0. The summed E-state index contributed by atoms with van der Waals surface area (Å²) in [6, 6.07) is 20.6. The minimum atomic E-state index is -0.693. The molecule has 0 saturated carbocycles. The second-order valence-corrected chi connectivity index (χ2v) is 12.1. The van der Waals surface area contributed by atoms with Crippen molar-refractivity contribution < 1.29 is 19.1 Å². The third-order valence-electron chi connectivity index (χ3n) is 6.10. The molecule has 1 atom stereocenters. The molecular formula is C30H43N3O4. The highest BCUT2D eigenvalue weighted by Crippen LogP contribution is 2.28. The lowest BCUT2D eigenvalue weighted by atomic mass is 9.95. The minimum absolute atomic E-state index is 0.348. The molecule has 7 heteroatoms. The Bertz CT molecular complexity index is 989. The van der Waals surface area contributed by atoms with E-state index in [0.29, 0.717) is 39.3 Å². The molecule has 1 aliphatic rings. The van der Waals surface area contributed by atoms with Crippen LogP contribution >= 0.6 is 0 Å². The lowest BCUT2D eigenvalue weighted by Gasteiger charge is -2.50. The lowest BCUT2D eigenvalue weighted by molar-refractivity contribution is -0.0477. The van der Waals surface area contributed by atoms with Crippen molar-refractivity contribution >= 4 is 12.2 Å². The van der Waals surface area contributed by atoms with E-state index in [-0.39, 0.29) is 12.2 Å². The van der Waals surface area contributed by atoms with Gasteiger partial charge in [-0.25, -0.2) is 9.59 Å². The van der Waals surface area contributed by atoms with Gasteiger partial charge < -0.3 is 14.4 Å². The number of piperazine rings is 1. The number of carbonyl (C=O) groups excluding carboxylic acids is 2. The summed E-state index contributed by atoms with van der Waals surface area (Å²) in [5.74, 6) is 0. The average Bonchev–Trinajstić information content (AvgIpc) is 2.77. The molecule has 0 radical (unpaired) electrons. The van der Waals surface area contributed by atoms with E-state index in [4.69, 9.17) is 9.47 Å². The molecule has 3 rings (SSSR count). The van der Waals surface area contributed by atoms with E-state index in [2.05, 4.69) is 29.2 Å². The highest BCUT2D eigenvalue weighted by Gasteiger charge is 2.45. The molecule has 0 aromatic heterocycles. The molecule has 2 amide bonds. The molecule has 1 unspecified atom stereocenters. The van der Waals surface area contributed by atoms with Crippen LogP contribution in [-0.4, -0.2) is 69.8 Å². The number of amides is 2. The molecule has 0 N–H and O–H groups in total. The van der Waals surface area contributed by atoms with Crippen molar-refractivity contribution in [3.63, 3.8) is 0 Å². The lowest BCUT2D eigenvalue weighted by Crippen LogP contribution is -2.67. The molecule has 0 spiro atoms. The second kappa shape index (κ2) is 11.5. The molecule has 1 saturated heterocycles. The van der Waals surface area contributed by atoms with E-state index in [0.717, 1.165) is 0 Å². The van der Waals surface area contributed by atoms with E-state index < -0.39 is 16.7 Å². The summed E-state index contributed by atoms with van der Waals surface area (Å²) in [5, 5.41) is 0. The first kappa shape index (κ1) is 28.5. The molecular weight excluding hydrogens is 466 g/mol. The van der Waals surface area contributed by atoms with Crippen molar-refractivity contribution in [2.75, 3.05) is 26.2 Å². The predicted molar refractivity (Wildman–Crippen MR) is 146 cm³/mol. The monoisotopic (exact) mass is 509 g/mol. The third-order valence-corrected chi connectivity index (χ3v) is 6.10. The maximum absolute atomic E-state index is 13.4. The minimum Gasteiger partial charge on any atom is -0.444 e. The van der Waals surface area contributed by atoms with E-state index >= 15 is 0 Å². The van der Waals surface area contributed by atoms with Gasteiger partial charge in [-0.2, -0.15) is 0 Å². The fourth-order valence-electron chi connectivity index (χ4n) is 4.65. The van der Waals surface area contributed by atoms with Gasteiger partial charge in [-0.1, -0.05) is 60.7 Å². The Hall–Kier alpha value is -3.06. The average molecular weight is 510 g/mol. The number of ether oxygens (including phenoxy) is 2. The Morgan fingerprint density at radius 2 is 1.24 bits per heavy atom. The Kier molecular flexibility index (Phi) is 8.90. The summed E-state index contributed by atoms with van der Waals surface area (Å²) in [6.07, 6.45) is -0.724. The van der Waals surface area contributed by atoms with Crippen LogP contribution in [0.2, 0.25) is 0 Å². The molecule has 202 valence electrons. The molecule has 1 heterocycles. The summed E-state index contributed by atoms with van der Waals surface area (Å²) in [7, 11) is 0. The van der Waals surface area contributed by atoms with Crippen LogP contribution in [0.3, 0.4) is 0 Å². The third kappa shape index (κ3) is 8.78. The first-order valence-corrected chi connectivity index (χ1v) is 13.0. The van der Waals surface area contributed by atoms with Crippen LogP contribution in [0, 0.1) is 0 Å². The van der Waals surface area contributed by atoms with E-state index in [9.17, 15) is 9.59 Å². The first-order chi connectivity index (χ1) is 17.2. The number of hydrogen-bond acceptors (Lipinski definition) is 5. The van der Waals surface area contributed by atoms with Gasteiger partial charge in [-0.15, -0.1) is 0 Å². The molecule has 2 aromatic carbocycles. The molecule has 37 heavy (non-hydrogen) atoms. The molecule has 2 aromatic rings. The zero-order chi connectivity index (χ0) is 27.3. The van der Waals surface area contributed by atoms with Gasteiger partial charge in [0.05, 0.1) is 5.54 Å². The van der Waals surface area contributed by atoms with Gasteiger partial charge in [0.15, 0.2) is 0 Å². The summed E-state index contributed by atoms with van der Waals surface area (Å²) in [4.78, 5) is 32.3. The normalized spacial score (nSPS) is 18.6. The number of carbonyl (C=O) groups is 2. The van der Waals surface area contributed by atoms with Gasteiger partial charge >= 0.3 is 12.2 Å². The summed E-state index contributed by atoms with van der Waals surface area (Å²) in [5.41, 5.74) is 0.466. The first-order valence-electron chi connectivity index (χ1n) is 13.0. The molecule has 1 fully saturated rings. The van der Waals surface area contributed by atoms with Gasteiger partial charge in [0, 0.05) is 39.3 Å². The second-order valence-electron chi connectivity index (χ2n) is 12.1. The van der Waals surface area contributed by atoms with Crippen molar-refractivity contribution in [3.8, 4) is 0 Å². The van der Waals surface area contributed by atoms with Crippen LogP contribution in [0.15, 0.2) is 60.7 Å². The van der Waals surface area contributed by atoms with Crippen LogP contribution in [0.25, 0.3) is 0 Å². The van der Waals surface area contributed by atoms with Gasteiger partial charge in [-0.3, -0.25) is 9.80 Å². The van der Waals surface area contributed by atoms with Crippen molar-refractivity contribution in [3.05, 3.63) is 71.8 Å². The number of benzene rings is 2. The molecule has 7 nitrogen and oxygen atoms in total. The Balaban J connectivity index is 1.91. The maximum Gasteiger partial charge on any atom is 0.410 e. The number of nitrogens with zero attached hydrogens (tertiary/aromatic N) is 3. The van der Waals surface area contributed by atoms with Crippen molar-refractivity contribution in [2.45, 2.75) is 78.3 Å². The van der Waals surface area contributed by atoms with Crippen LogP contribution in [0.5, 0.6) is 0 Å². The van der Waals surface area contributed by atoms with Gasteiger partial charge in [0.1, 0.15) is 11.2 Å². The topological polar surface area (TPSA) is 62.3 Å². The summed E-state index contributed by atoms with van der Waals surface area (Å²) < 4.78 is 11.5. The number of rotatable bonds is 6. The van der Waals surface area contributed by atoms with Crippen molar-refractivity contribution in [2.24, 2.45) is 0 Å². The highest BCUT2D eigenvalue weighted by molar-refractivity contribution is 5.72. The van der Waals surface area contributed by atoms with Crippen LogP contribution in [-0.2, 0) is 22.6 Å². The molecule has 0 aliphatic carbocycles. The van der Waals surface area contributed by atoms with Gasteiger partial charge in [-0.05, 0) is 59.6 Å². The zero-order valence-corrected chi connectivity index (χ0v) is 23.5. The molecule has 1 aliphatic heterocycles. The van der Waals surface area contributed by atoms with Crippen LogP contribution < -0.4 is 0 Å². The summed E-state index contributed by atoms with van der Waals surface area (Å²) in [6.45, 7) is 16.3. The Morgan fingerprint density at radius 3 is 1.70 bits per heavy atom. The maximum atomic E-state index is 13.4. The van der Waals surface area contributed by atoms with Crippen LogP contribution in [0.1, 0.15) is 59.6 Å². The molecule has 0 bridgehead atoms. The standard InChI is InChI=1S/C30H43N3O4/c1-28(2,3)36-26(34)32-18-19-33(27(35)37-29(4,5)6)30(7,23-32)22-31(20-24-14-10-8-11-15-24)21-25-16-12-9-13-17-25/h8-17H,18-23H2,1-7H3. The largest absolute Gasteiger partial charge is 0.444 e. The van der Waals surface area contributed by atoms with E-state index in [1.54, 1.807) is 9.80 Å². The fraction of sp³-hybridized carbons (Fsp3) is 0.533. The SMILES string of the molecule is CC(C)(C)OC(=O)N1CCN(C(=O)OC(C)(C)C)C(C)(CN(Cc2ccccc2)Cc2ccccc2)C1. The van der Waals surface area contributed by atoms with Crippen LogP contribution in [0.4, 0.5) is 9.59 Å². The Morgan fingerprint density at radius 1 is 0.784 bits per heavy atom.